The second-order valence-corrected chi connectivity index (χ2v) is 14.2. The van der Waals surface area contributed by atoms with Crippen LogP contribution in [0.4, 0.5) is 4.39 Å². The standard InChI is InChI=1S/C38H41FN6O3S/c1-25(2)43-17-15-42(16-18-43)23-26-6-8-27(9-7-26)28-4-3-5-33(20-28)44-35-34(21-30(39)22-40-35)37(47)45(38(44)48)32-12-10-31(11-13-32)41-36(46)29-14-19-49-24-29/h3-9,14,19-22,24-25,31-32H,10-13,15-18,23H2,1-2H3,(H,41,46)/t31-,32+. The van der Waals surface area contributed by atoms with Crippen LogP contribution in [-0.2, 0) is 6.54 Å². The number of thiophene rings is 1. The highest BCUT2D eigenvalue weighted by Gasteiger charge is 2.28. The number of piperazine rings is 1. The predicted octanol–water partition coefficient (Wildman–Crippen LogP) is 5.85. The Morgan fingerprint density at radius 1 is 0.959 bits per heavy atom. The maximum absolute atomic E-state index is 14.5. The van der Waals surface area contributed by atoms with Crippen molar-refractivity contribution in [3.63, 3.8) is 0 Å². The molecule has 5 aromatic rings. The highest BCUT2D eigenvalue weighted by Crippen LogP contribution is 2.29. The zero-order valence-corrected chi connectivity index (χ0v) is 28.7. The summed E-state index contributed by atoms with van der Waals surface area (Å²) in [6.45, 7) is 9.68. The number of carbonyl (C=O) groups excluding carboxylic acids is 1. The van der Waals surface area contributed by atoms with Crippen LogP contribution in [0, 0.1) is 5.82 Å². The second kappa shape index (κ2) is 14.2. The van der Waals surface area contributed by atoms with E-state index < -0.39 is 23.1 Å². The maximum atomic E-state index is 14.5. The lowest BCUT2D eigenvalue weighted by Gasteiger charge is -2.36. The van der Waals surface area contributed by atoms with Crippen LogP contribution in [-0.4, -0.2) is 68.1 Å². The van der Waals surface area contributed by atoms with Gasteiger partial charge in [-0.2, -0.15) is 11.3 Å². The van der Waals surface area contributed by atoms with Gasteiger partial charge in [-0.05, 0) is 85.9 Å². The van der Waals surface area contributed by atoms with E-state index in [9.17, 15) is 18.8 Å². The van der Waals surface area contributed by atoms with Gasteiger partial charge in [-0.15, -0.1) is 0 Å². The molecule has 0 bridgehead atoms. The van der Waals surface area contributed by atoms with Crippen molar-refractivity contribution in [3.05, 3.63) is 115 Å². The van der Waals surface area contributed by atoms with E-state index in [2.05, 4.69) is 58.2 Å². The number of nitrogens with zero attached hydrogens (tertiary/aromatic N) is 5. The van der Waals surface area contributed by atoms with E-state index in [1.807, 2.05) is 35.0 Å². The molecule has 0 unspecified atom stereocenters. The Morgan fingerprint density at radius 2 is 1.71 bits per heavy atom. The number of carbonyl (C=O) groups is 1. The highest BCUT2D eigenvalue weighted by molar-refractivity contribution is 7.08. The molecule has 0 atom stereocenters. The van der Waals surface area contributed by atoms with Gasteiger partial charge in [-0.3, -0.25) is 24.0 Å². The molecule has 11 heteroatoms. The second-order valence-electron chi connectivity index (χ2n) is 13.5. The van der Waals surface area contributed by atoms with Gasteiger partial charge >= 0.3 is 5.69 Å². The fourth-order valence-electron chi connectivity index (χ4n) is 7.20. The summed E-state index contributed by atoms with van der Waals surface area (Å²) in [6.07, 6.45) is 3.32. The van der Waals surface area contributed by atoms with E-state index >= 15 is 0 Å². The molecule has 49 heavy (non-hydrogen) atoms. The van der Waals surface area contributed by atoms with Gasteiger partial charge in [-0.25, -0.2) is 18.7 Å². The van der Waals surface area contributed by atoms with E-state index in [0.717, 1.165) is 56.1 Å². The Labute approximate surface area is 288 Å². The number of rotatable bonds is 8. The van der Waals surface area contributed by atoms with Crippen LogP contribution in [0.1, 0.15) is 61.5 Å². The molecule has 1 N–H and O–H groups in total. The number of fused-ring (bicyclic) bond motifs is 1. The Hall–Kier alpha value is -4.45. The molecule has 3 aromatic heterocycles. The van der Waals surface area contributed by atoms with Crippen LogP contribution in [0.25, 0.3) is 27.8 Å². The summed E-state index contributed by atoms with van der Waals surface area (Å²) in [6, 6.07) is 19.2. The zero-order chi connectivity index (χ0) is 34.1. The summed E-state index contributed by atoms with van der Waals surface area (Å²) < 4.78 is 17.2. The van der Waals surface area contributed by atoms with Crippen molar-refractivity contribution in [2.45, 2.75) is 64.2 Å². The lowest BCUT2D eigenvalue weighted by Crippen LogP contribution is -2.48. The number of amides is 1. The smallest absolute Gasteiger partial charge is 0.337 e. The third-order valence-corrected chi connectivity index (χ3v) is 10.7. The fourth-order valence-corrected chi connectivity index (χ4v) is 7.84. The monoisotopic (exact) mass is 680 g/mol. The minimum atomic E-state index is -0.642. The molecule has 1 aliphatic heterocycles. The van der Waals surface area contributed by atoms with Crippen LogP contribution in [0.5, 0.6) is 0 Å². The van der Waals surface area contributed by atoms with E-state index in [0.29, 0.717) is 43.0 Å². The first-order valence-electron chi connectivity index (χ1n) is 17.1. The van der Waals surface area contributed by atoms with Gasteiger partial charge in [0.1, 0.15) is 5.82 Å². The third-order valence-electron chi connectivity index (χ3n) is 10.0. The molecule has 1 saturated heterocycles. The van der Waals surface area contributed by atoms with Gasteiger partial charge in [-0.1, -0.05) is 36.4 Å². The highest BCUT2D eigenvalue weighted by atomic mass is 32.1. The first kappa shape index (κ1) is 33.1. The number of hydrogen-bond acceptors (Lipinski definition) is 7. The largest absolute Gasteiger partial charge is 0.349 e. The summed E-state index contributed by atoms with van der Waals surface area (Å²) in [5, 5.41) is 6.81. The van der Waals surface area contributed by atoms with Crippen LogP contribution in [0.3, 0.4) is 0 Å². The number of benzene rings is 2. The van der Waals surface area contributed by atoms with Crippen molar-refractivity contribution in [1.82, 2.24) is 29.2 Å². The van der Waals surface area contributed by atoms with Crippen molar-refractivity contribution >= 4 is 28.3 Å². The molecular formula is C38H41FN6O3S. The molecule has 9 nitrogen and oxygen atoms in total. The van der Waals surface area contributed by atoms with Gasteiger partial charge in [0, 0.05) is 61.8 Å². The van der Waals surface area contributed by atoms with Crippen molar-refractivity contribution in [2.75, 3.05) is 26.2 Å². The van der Waals surface area contributed by atoms with Gasteiger partial charge in [0.05, 0.1) is 17.3 Å². The summed E-state index contributed by atoms with van der Waals surface area (Å²) >= 11 is 1.47. The zero-order valence-electron chi connectivity index (χ0n) is 27.8. The van der Waals surface area contributed by atoms with Crippen LogP contribution < -0.4 is 16.6 Å². The molecule has 0 radical (unpaired) electrons. The average Bonchev–Trinajstić information content (AvgIpc) is 3.66. The lowest BCUT2D eigenvalue weighted by atomic mass is 9.90. The van der Waals surface area contributed by atoms with Crippen LogP contribution >= 0.6 is 11.3 Å². The summed E-state index contributed by atoms with van der Waals surface area (Å²) in [5.41, 5.74) is 3.40. The Morgan fingerprint density at radius 3 is 2.41 bits per heavy atom. The molecule has 1 amide bonds. The molecule has 1 aliphatic carbocycles. The van der Waals surface area contributed by atoms with E-state index in [-0.39, 0.29) is 23.0 Å². The number of halogens is 1. The van der Waals surface area contributed by atoms with Crippen molar-refractivity contribution in [1.29, 1.82) is 0 Å². The number of nitrogens with one attached hydrogen (secondary N) is 1. The Bertz CT molecular complexity index is 2060. The SMILES string of the molecule is CC(C)N1CCN(Cc2ccc(-c3cccc(-n4c(=O)n([C@H]5CC[C@@H](NC(=O)c6ccsc6)CC5)c(=O)c5cc(F)cnc54)c3)cc2)CC1. The molecular weight excluding hydrogens is 640 g/mol. The molecule has 4 heterocycles. The molecule has 1 saturated carbocycles. The fraction of sp³-hybridized carbons (Fsp3) is 0.368. The number of hydrogen-bond donors (Lipinski definition) is 1. The summed E-state index contributed by atoms with van der Waals surface area (Å²) in [5.74, 6) is -0.761. The normalized spacial score (nSPS) is 19.0. The molecule has 2 aromatic carbocycles. The van der Waals surface area contributed by atoms with Gasteiger partial charge in [0.15, 0.2) is 5.65 Å². The van der Waals surface area contributed by atoms with Crippen molar-refractivity contribution < 1.29 is 9.18 Å². The maximum Gasteiger partial charge on any atom is 0.337 e. The first-order chi connectivity index (χ1) is 23.7. The Balaban J connectivity index is 1.14. The molecule has 254 valence electrons. The first-order valence-corrected chi connectivity index (χ1v) is 18.0. The molecule has 0 spiro atoms. The molecule has 2 aliphatic rings. The van der Waals surface area contributed by atoms with Crippen LogP contribution in [0.15, 0.2) is 87.2 Å². The Kier molecular flexibility index (Phi) is 9.57. The average molecular weight is 681 g/mol. The van der Waals surface area contributed by atoms with Gasteiger partial charge < -0.3 is 5.32 Å². The molecule has 7 rings (SSSR count). The van der Waals surface area contributed by atoms with Crippen molar-refractivity contribution in [2.24, 2.45) is 0 Å². The van der Waals surface area contributed by atoms with E-state index in [4.69, 9.17) is 0 Å². The van der Waals surface area contributed by atoms with E-state index in [1.54, 1.807) is 6.07 Å². The van der Waals surface area contributed by atoms with Gasteiger partial charge in [0.25, 0.3) is 11.5 Å². The number of pyridine rings is 1. The van der Waals surface area contributed by atoms with Gasteiger partial charge in [0.2, 0.25) is 0 Å². The number of aromatic nitrogens is 3. The third kappa shape index (κ3) is 7.01. The molecule has 2 fully saturated rings. The topological polar surface area (TPSA) is 92.5 Å². The van der Waals surface area contributed by atoms with Crippen molar-refractivity contribution in [3.8, 4) is 16.8 Å². The summed E-state index contributed by atoms with van der Waals surface area (Å²) in [7, 11) is 0. The minimum Gasteiger partial charge on any atom is -0.349 e. The summed E-state index contributed by atoms with van der Waals surface area (Å²) in [4.78, 5) is 49.9. The lowest BCUT2D eigenvalue weighted by molar-refractivity contribution is 0.0922. The predicted molar refractivity (Wildman–Crippen MR) is 192 cm³/mol. The minimum absolute atomic E-state index is 0.0523. The van der Waals surface area contributed by atoms with E-state index in [1.165, 1.54) is 26.0 Å². The quantitative estimate of drug-likeness (QED) is 0.221. The van der Waals surface area contributed by atoms with Crippen LogP contribution in [0.2, 0.25) is 0 Å².